The molecule has 2 heterocycles. The zero-order chi connectivity index (χ0) is 14.5. The number of methoxy groups -OCH3 is 1. The fourth-order valence-electron chi connectivity index (χ4n) is 2.56. The van der Waals surface area contributed by atoms with Crippen molar-refractivity contribution in [1.82, 2.24) is 9.88 Å². The molecule has 6 heteroatoms. The van der Waals surface area contributed by atoms with Crippen molar-refractivity contribution in [3.05, 3.63) is 11.1 Å². The van der Waals surface area contributed by atoms with E-state index in [4.69, 9.17) is 0 Å². The number of ether oxygens (including phenoxy) is 1. The second kappa shape index (κ2) is 7.04. The predicted octanol–water partition coefficient (Wildman–Crippen LogP) is 1.64. The summed E-state index contributed by atoms with van der Waals surface area (Å²) in [4.78, 5) is 20.3. The van der Waals surface area contributed by atoms with Crippen molar-refractivity contribution in [3.63, 3.8) is 0 Å². The zero-order valence-electron chi connectivity index (χ0n) is 12.5. The van der Waals surface area contributed by atoms with E-state index in [1.54, 1.807) is 11.3 Å². The van der Waals surface area contributed by atoms with Gasteiger partial charge in [-0.25, -0.2) is 4.98 Å². The van der Waals surface area contributed by atoms with Crippen molar-refractivity contribution in [3.8, 4) is 0 Å². The molecule has 0 saturated carbocycles. The minimum Gasteiger partial charge on any atom is -0.469 e. The average Bonchev–Trinajstić information content (AvgIpc) is 3.05. The summed E-state index contributed by atoms with van der Waals surface area (Å²) in [5.74, 6) is 0.550. The SMILES string of the molecule is COC(=O)CCc1csc(N(C)CC2CCN(C)C2)n1. The summed E-state index contributed by atoms with van der Waals surface area (Å²) in [5.41, 5.74) is 0.978. The molecule has 0 N–H and O–H groups in total. The van der Waals surface area contributed by atoms with Crippen molar-refractivity contribution in [2.75, 3.05) is 45.7 Å². The first-order chi connectivity index (χ1) is 9.58. The Balaban J connectivity index is 1.83. The molecule has 112 valence electrons. The molecule has 1 atom stereocenters. The van der Waals surface area contributed by atoms with E-state index in [-0.39, 0.29) is 5.97 Å². The number of hydrogen-bond acceptors (Lipinski definition) is 6. The summed E-state index contributed by atoms with van der Waals surface area (Å²) in [6.07, 6.45) is 2.32. The molecule has 0 bridgehead atoms. The number of likely N-dealkylation sites (tertiary alicyclic amines) is 1. The summed E-state index contributed by atoms with van der Waals surface area (Å²) >= 11 is 1.65. The van der Waals surface area contributed by atoms with Gasteiger partial charge >= 0.3 is 5.97 Å². The van der Waals surface area contributed by atoms with Gasteiger partial charge in [0.25, 0.3) is 0 Å². The number of aryl methyl sites for hydroxylation is 1. The van der Waals surface area contributed by atoms with Crippen LogP contribution in [0.4, 0.5) is 5.13 Å². The number of anilines is 1. The Kier molecular flexibility index (Phi) is 5.37. The second-order valence-corrected chi connectivity index (χ2v) is 6.33. The monoisotopic (exact) mass is 297 g/mol. The smallest absolute Gasteiger partial charge is 0.305 e. The van der Waals surface area contributed by atoms with E-state index in [1.165, 1.54) is 26.6 Å². The van der Waals surface area contributed by atoms with Crippen molar-refractivity contribution in [1.29, 1.82) is 0 Å². The number of carbonyl (C=O) groups excluding carboxylic acids is 1. The van der Waals surface area contributed by atoms with E-state index < -0.39 is 0 Å². The molecule has 1 fully saturated rings. The van der Waals surface area contributed by atoms with E-state index in [0.29, 0.717) is 12.8 Å². The molecule has 1 aliphatic rings. The van der Waals surface area contributed by atoms with Crippen LogP contribution in [0, 0.1) is 5.92 Å². The van der Waals surface area contributed by atoms with Gasteiger partial charge in [-0.15, -0.1) is 11.3 Å². The van der Waals surface area contributed by atoms with Crippen molar-refractivity contribution in [2.45, 2.75) is 19.3 Å². The third-order valence-electron chi connectivity index (χ3n) is 3.70. The van der Waals surface area contributed by atoms with Gasteiger partial charge in [-0.2, -0.15) is 0 Å². The Morgan fingerprint density at radius 3 is 3.10 bits per heavy atom. The van der Waals surface area contributed by atoms with Crippen LogP contribution in [0.25, 0.3) is 0 Å². The maximum absolute atomic E-state index is 11.1. The first-order valence-electron chi connectivity index (χ1n) is 6.99. The van der Waals surface area contributed by atoms with Crippen LogP contribution in [0.3, 0.4) is 0 Å². The first-order valence-corrected chi connectivity index (χ1v) is 7.87. The Morgan fingerprint density at radius 1 is 1.65 bits per heavy atom. The van der Waals surface area contributed by atoms with Crippen LogP contribution in [0.15, 0.2) is 5.38 Å². The van der Waals surface area contributed by atoms with Crippen LogP contribution >= 0.6 is 11.3 Å². The summed E-state index contributed by atoms with van der Waals surface area (Å²) in [6.45, 7) is 3.42. The van der Waals surface area contributed by atoms with Crippen molar-refractivity contribution < 1.29 is 9.53 Å². The standard InChI is InChI=1S/C14H23N3O2S/c1-16-7-6-11(8-16)9-17(2)14-15-12(10-20-14)4-5-13(18)19-3/h10-11H,4-9H2,1-3H3. The molecule has 1 saturated heterocycles. The molecule has 1 aromatic rings. The minimum absolute atomic E-state index is 0.179. The highest BCUT2D eigenvalue weighted by Crippen LogP contribution is 2.23. The summed E-state index contributed by atoms with van der Waals surface area (Å²) in [7, 11) is 5.69. The molecule has 20 heavy (non-hydrogen) atoms. The molecule has 0 spiro atoms. The molecule has 0 aliphatic carbocycles. The lowest BCUT2D eigenvalue weighted by Crippen LogP contribution is -2.27. The van der Waals surface area contributed by atoms with Gasteiger partial charge in [0.1, 0.15) is 0 Å². The van der Waals surface area contributed by atoms with Crippen molar-refractivity contribution in [2.24, 2.45) is 5.92 Å². The highest BCUT2D eigenvalue weighted by Gasteiger charge is 2.21. The van der Waals surface area contributed by atoms with E-state index in [2.05, 4.69) is 33.6 Å². The number of thiazole rings is 1. The summed E-state index contributed by atoms with van der Waals surface area (Å²) < 4.78 is 4.65. The van der Waals surface area contributed by atoms with Gasteiger partial charge in [-0.3, -0.25) is 4.79 Å². The van der Waals surface area contributed by atoms with Gasteiger partial charge in [-0.05, 0) is 25.9 Å². The second-order valence-electron chi connectivity index (χ2n) is 5.50. The van der Waals surface area contributed by atoms with Crippen LogP contribution in [-0.4, -0.2) is 56.7 Å². The normalized spacial score (nSPS) is 19.2. The largest absolute Gasteiger partial charge is 0.469 e. The quantitative estimate of drug-likeness (QED) is 0.747. The number of nitrogens with zero attached hydrogens (tertiary/aromatic N) is 3. The molecule has 0 radical (unpaired) electrons. The molecule has 1 unspecified atom stereocenters. The number of esters is 1. The maximum Gasteiger partial charge on any atom is 0.305 e. The molecule has 1 aromatic heterocycles. The number of rotatable bonds is 6. The predicted molar refractivity (Wildman–Crippen MR) is 81.3 cm³/mol. The summed E-state index contributed by atoms with van der Waals surface area (Å²) in [5, 5.41) is 3.08. The Morgan fingerprint density at radius 2 is 2.45 bits per heavy atom. The zero-order valence-corrected chi connectivity index (χ0v) is 13.3. The van der Waals surface area contributed by atoms with Gasteiger partial charge in [-0.1, -0.05) is 0 Å². The van der Waals surface area contributed by atoms with Gasteiger partial charge in [0.15, 0.2) is 5.13 Å². The lowest BCUT2D eigenvalue weighted by molar-refractivity contribution is -0.140. The third kappa shape index (κ3) is 4.18. The topological polar surface area (TPSA) is 45.7 Å². The molecule has 1 aliphatic heterocycles. The van der Waals surface area contributed by atoms with Gasteiger partial charge in [0.05, 0.1) is 19.2 Å². The fourth-order valence-corrected chi connectivity index (χ4v) is 3.40. The van der Waals surface area contributed by atoms with Gasteiger partial charge < -0.3 is 14.5 Å². The van der Waals surface area contributed by atoms with E-state index >= 15 is 0 Å². The molecular weight excluding hydrogens is 274 g/mol. The summed E-state index contributed by atoms with van der Waals surface area (Å²) in [6, 6.07) is 0. The van der Waals surface area contributed by atoms with Crippen LogP contribution in [-0.2, 0) is 16.0 Å². The Bertz CT molecular complexity index is 449. The highest BCUT2D eigenvalue weighted by atomic mass is 32.1. The molecule has 2 rings (SSSR count). The number of carbonyl (C=O) groups is 1. The Labute approximate surface area is 124 Å². The lowest BCUT2D eigenvalue weighted by Gasteiger charge is -2.20. The molecule has 5 nitrogen and oxygen atoms in total. The van der Waals surface area contributed by atoms with Crippen molar-refractivity contribution >= 4 is 22.4 Å². The third-order valence-corrected chi connectivity index (χ3v) is 4.70. The molecular formula is C14H23N3O2S. The van der Waals surface area contributed by atoms with E-state index in [0.717, 1.165) is 23.3 Å². The van der Waals surface area contributed by atoms with E-state index in [9.17, 15) is 4.79 Å². The lowest BCUT2D eigenvalue weighted by atomic mass is 10.1. The maximum atomic E-state index is 11.1. The molecule has 0 aromatic carbocycles. The average molecular weight is 297 g/mol. The highest BCUT2D eigenvalue weighted by molar-refractivity contribution is 7.13. The fraction of sp³-hybridized carbons (Fsp3) is 0.714. The van der Waals surface area contributed by atoms with Crippen LogP contribution in [0.5, 0.6) is 0 Å². The van der Waals surface area contributed by atoms with Crippen LogP contribution in [0.2, 0.25) is 0 Å². The number of aromatic nitrogens is 1. The number of hydrogen-bond donors (Lipinski definition) is 0. The first kappa shape index (κ1) is 15.3. The van der Waals surface area contributed by atoms with Gasteiger partial charge in [0.2, 0.25) is 0 Å². The Hall–Kier alpha value is -1.14. The molecule has 0 amide bonds. The van der Waals surface area contributed by atoms with Crippen LogP contribution < -0.4 is 4.90 Å². The van der Waals surface area contributed by atoms with Gasteiger partial charge in [0, 0.05) is 31.9 Å². The van der Waals surface area contributed by atoms with E-state index in [1.807, 2.05) is 5.38 Å². The minimum atomic E-state index is -0.179. The van der Waals surface area contributed by atoms with Crippen LogP contribution in [0.1, 0.15) is 18.5 Å².